The zero-order chi connectivity index (χ0) is 23.8. The number of carbonyl (C=O) groups excluding carboxylic acids is 1. The standard InChI is InChI=1S/C30H33N3O2/c1-22-7-9-24(10-8-22)30(34)32-17-15-31(16-18-32)26-11-12-27-25-13-14-33(29(19-25)28(27)20-26)35-21-23-5-3-2-4-6-23/h2-12,20,25,29H,13-19,21H2,1H3. The zero-order valence-electron chi connectivity index (χ0n) is 20.4. The lowest BCUT2D eigenvalue weighted by Crippen LogP contribution is -2.48. The predicted octanol–water partition coefficient (Wildman–Crippen LogP) is 5.32. The molecule has 5 heteroatoms. The molecule has 2 saturated heterocycles. The minimum Gasteiger partial charge on any atom is -0.368 e. The highest BCUT2D eigenvalue weighted by atomic mass is 16.7. The van der Waals surface area contributed by atoms with Gasteiger partial charge in [0.25, 0.3) is 5.91 Å². The highest BCUT2D eigenvalue weighted by molar-refractivity contribution is 5.94. The third kappa shape index (κ3) is 4.46. The van der Waals surface area contributed by atoms with Crippen molar-refractivity contribution >= 4 is 11.6 Å². The first-order valence-electron chi connectivity index (χ1n) is 12.8. The number of piperazine rings is 1. The highest BCUT2D eigenvalue weighted by Gasteiger charge is 2.40. The molecule has 0 saturated carbocycles. The number of nitrogens with zero attached hydrogens (tertiary/aromatic N) is 3. The number of anilines is 1. The molecule has 6 rings (SSSR count). The second-order valence-corrected chi connectivity index (χ2v) is 10.1. The lowest BCUT2D eigenvalue weighted by atomic mass is 9.96. The number of hydrogen-bond acceptors (Lipinski definition) is 4. The largest absolute Gasteiger partial charge is 0.368 e. The molecule has 180 valence electrons. The lowest BCUT2D eigenvalue weighted by molar-refractivity contribution is -0.207. The van der Waals surface area contributed by atoms with Crippen molar-refractivity contribution in [3.63, 3.8) is 0 Å². The molecule has 3 aromatic carbocycles. The van der Waals surface area contributed by atoms with Gasteiger partial charge in [0.2, 0.25) is 0 Å². The zero-order valence-corrected chi connectivity index (χ0v) is 20.4. The van der Waals surface area contributed by atoms with Gasteiger partial charge in [0.1, 0.15) is 0 Å². The predicted molar refractivity (Wildman–Crippen MR) is 138 cm³/mol. The average molecular weight is 468 g/mol. The van der Waals surface area contributed by atoms with Gasteiger partial charge >= 0.3 is 0 Å². The molecular formula is C30H33N3O2. The van der Waals surface area contributed by atoms with E-state index < -0.39 is 0 Å². The van der Waals surface area contributed by atoms with Gasteiger partial charge in [0, 0.05) is 44.0 Å². The summed E-state index contributed by atoms with van der Waals surface area (Å²) in [7, 11) is 0. The molecule has 5 nitrogen and oxygen atoms in total. The van der Waals surface area contributed by atoms with E-state index in [2.05, 4.69) is 52.4 Å². The number of fused-ring (bicyclic) bond motifs is 5. The van der Waals surface area contributed by atoms with E-state index in [0.717, 1.165) is 51.1 Å². The Bertz CT molecular complexity index is 1190. The van der Waals surface area contributed by atoms with Crippen LogP contribution in [0.25, 0.3) is 0 Å². The molecule has 2 unspecified atom stereocenters. The van der Waals surface area contributed by atoms with Crippen LogP contribution in [0, 0.1) is 6.92 Å². The van der Waals surface area contributed by atoms with Crippen LogP contribution in [0.5, 0.6) is 0 Å². The molecule has 3 aliphatic rings. The maximum absolute atomic E-state index is 12.9. The van der Waals surface area contributed by atoms with Gasteiger partial charge in [0.15, 0.2) is 0 Å². The van der Waals surface area contributed by atoms with Crippen LogP contribution in [0.15, 0.2) is 72.8 Å². The number of aryl methyl sites for hydroxylation is 1. The van der Waals surface area contributed by atoms with Crippen LogP contribution in [-0.4, -0.2) is 48.6 Å². The van der Waals surface area contributed by atoms with Gasteiger partial charge in [-0.15, -0.1) is 0 Å². The van der Waals surface area contributed by atoms with Crippen LogP contribution in [0.4, 0.5) is 5.69 Å². The molecule has 0 N–H and O–H groups in total. The van der Waals surface area contributed by atoms with Crippen LogP contribution in [0.1, 0.15) is 57.4 Å². The SMILES string of the molecule is Cc1ccc(C(=O)N2CCN(c3ccc4c(c3)C3CC4CCN3OCc3ccccc3)CC2)cc1. The highest BCUT2D eigenvalue weighted by Crippen LogP contribution is 2.50. The summed E-state index contributed by atoms with van der Waals surface area (Å²) >= 11 is 0. The number of carbonyl (C=O) groups is 1. The molecule has 0 spiro atoms. The van der Waals surface area contributed by atoms with Crippen molar-refractivity contribution in [3.05, 3.63) is 101 Å². The maximum Gasteiger partial charge on any atom is 0.253 e. The van der Waals surface area contributed by atoms with Crippen molar-refractivity contribution < 1.29 is 9.63 Å². The molecule has 1 amide bonds. The Morgan fingerprint density at radius 1 is 0.886 bits per heavy atom. The van der Waals surface area contributed by atoms with E-state index in [0.29, 0.717) is 18.6 Å². The van der Waals surface area contributed by atoms with E-state index in [1.807, 2.05) is 42.2 Å². The third-order valence-electron chi connectivity index (χ3n) is 7.89. The van der Waals surface area contributed by atoms with Gasteiger partial charge in [-0.3, -0.25) is 9.63 Å². The second kappa shape index (κ2) is 9.48. The fourth-order valence-electron chi connectivity index (χ4n) is 5.86. The number of piperidine rings is 1. The lowest BCUT2D eigenvalue weighted by Gasteiger charge is -2.36. The van der Waals surface area contributed by atoms with Gasteiger partial charge in [-0.2, -0.15) is 5.06 Å². The quantitative estimate of drug-likeness (QED) is 0.509. The van der Waals surface area contributed by atoms with E-state index in [4.69, 9.17) is 4.84 Å². The summed E-state index contributed by atoms with van der Waals surface area (Å²) in [6.45, 7) is 6.87. The molecule has 2 heterocycles. The van der Waals surface area contributed by atoms with E-state index in [1.54, 1.807) is 0 Å². The summed E-state index contributed by atoms with van der Waals surface area (Å²) in [5, 5.41) is 2.22. The van der Waals surface area contributed by atoms with Gasteiger partial charge in [-0.1, -0.05) is 54.1 Å². The Morgan fingerprint density at radius 3 is 2.43 bits per heavy atom. The number of benzene rings is 3. The van der Waals surface area contributed by atoms with Crippen molar-refractivity contribution in [2.45, 2.75) is 38.3 Å². The van der Waals surface area contributed by atoms with E-state index in [-0.39, 0.29) is 5.91 Å². The molecule has 2 atom stereocenters. The van der Waals surface area contributed by atoms with E-state index in [9.17, 15) is 4.79 Å². The summed E-state index contributed by atoms with van der Waals surface area (Å²) in [4.78, 5) is 23.6. The normalized spacial score (nSPS) is 21.7. The maximum atomic E-state index is 12.9. The summed E-state index contributed by atoms with van der Waals surface area (Å²) in [6, 6.07) is 25.7. The summed E-state index contributed by atoms with van der Waals surface area (Å²) in [5.74, 6) is 0.781. The Morgan fingerprint density at radius 2 is 1.66 bits per heavy atom. The first kappa shape index (κ1) is 22.3. The Kier molecular flexibility index (Phi) is 6.05. The summed E-state index contributed by atoms with van der Waals surface area (Å²) in [5.41, 5.74) is 7.36. The molecule has 3 aromatic rings. The second-order valence-electron chi connectivity index (χ2n) is 10.1. The third-order valence-corrected chi connectivity index (χ3v) is 7.89. The van der Waals surface area contributed by atoms with Crippen molar-refractivity contribution in [1.29, 1.82) is 0 Å². The average Bonchev–Trinajstić information content (AvgIpc) is 3.20. The molecular weight excluding hydrogens is 434 g/mol. The number of rotatable bonds is 5. The van der Waals surface area contributed by atoms with Crippen LogP contribution < -0.4 is 4.90 Å². The fourth-order valence-corrected chi connectivity index (χ4v) is 5.86. The van der Waals surface area contributed by atoms with Gasteiger partial charge in [-0.25, -0.2) is 0 Å². The summed E-state index contributed by atoms with van der Waals surface area (Å²) in [6.07, 6.45) is 2.30. The molecule has 0 radical (unpaired) electrons. The van der Waals surface area contributed by atoms with Gasteiger partial charge < -0.3 is 9.80 Å². The van der Waals surface area contributed by atoms with E-state index in [1.165, 1.54) is 27.9 Å². The van der Waals surface area contributed by atoms with Crippen molar-refractivity contribution in [2.75, 3.05) is 37.6 Å². The van der Waals surface area contributed by atoms with Crippen LogP contribution in [-0.2, 0) is 11.4 Å². The topological polar surface area (TPSA) is 36.0 Å². The van der Waals surface area contributed by atoms with Gasteiger partial charge in [0.05, 0.1) is 12.6 Å². The monoisotopic (exact) mass is 467 g/mol. The smallest absolute Gasteiger partial charge is 0.253 e. The first-order chi connectivity index (χ1) is 17.2. The van der Waals surface area contributed by atoms with Crippen molar-refractivity contribution in [3.8, 4) is 0 Å². The molecule has 35 heavy (non-hydrogen) atoms. The van der Waals surface area contributed by atoms with Crippen LogP contribution in [0.3, 0.4) is 0 Å². The van der Waals surface area contributed by atoms with E-state index >= 15 is 0 Å². The number of hydroxylamine groups is 2. The van der Waals surface area contributed by atoms with Crippen LogP contribution in [0.2, 0.25) is 0 Å². The summed E-state index contributed by atoms with van der Waals surface area (Å²) < 4.78 is 0. The van der Waals surface area contributed by atoms with Crippen molar-refractivity contribution in [2.24, 2.45) is 0 Å². The molecule has 2 aliphatic heterocycles. The minimum atomic E-state index is 0.138. The molecule has 1 aliphatic carbocycles. The van der Waals surface area contributed by atoms with Crippen LogP contribution >= 0.6 is 0 Å². The minimum absolute atomic E-state index is 0.138. The number of hydrogen-bond donors (Lipinski definition) is 0. The first-order valence-corrected chi connectivity index (χ1v) is 12.8. The molecule has 2 fully saturated rings. The number of amides is 1. The van der Waals surface area contributed by atoms with Gasteiger partial charge in [-0.05, 0) is 66.6 Å². The Hall–Kier alpha value is -3.15. The fraction of sp³-hybridized carbons (Fsp3) is 0.367. The van der Waals surface area contributed by atoms with Crippen molar-refractivity contribution in [1.82, 2.24) is 9.96 Å². The molecule has 0 aromatic heterocycles. The molecule has 2 bridgehead atoms. The Balaban J connectivity index is 1.12. The Labute approximate surface area is 207 Å².